The Kier molecular flexibility index (Phi) is 9.61. The normalized spacial score (nSPS) is 39.5. The lowest BCUT2D eigenvalue weighted by atomic mass is 9.32. The maximum atomic E-state index is 14.6. The van der Waals surface area contributed by atoms with Crippen molar-refractivity contribution in [1.29, 1.82) is 0 Å². The highest BCUT2D eigenvalue weighted by atomic mass is 16.3. The molecule has 282 valence electrons. The van der Waals surface area contributed by atoms with Gasteiger partial charge in [0.15, 0.2) is 0 Å². The number of fused-ring (bicyclic) bond motifs is 7. The zero-order chi connectivity index (χ0) is 37.3. The third-order valence-corrected chi connectivity index (χ3v) is 16.9. The van der Waals surface area contributed by atoms with Crippen LogP contribution >= 0.6 is 0 Å². The van der Waals surface area contributed by atoms with E-state index in [1.165, 1.54) is 31.3 Å². The smallest absolute Gasteiger partial charge is 0.251 e. The predicted molar refractivity (Wildman–Crippen MR) is 208 cm³/mol. The molecular weight excluding hydrogens is 643 g/mol. The Morgan fingerprint density at radius 1 is 0.904 bits per heavy atom. The average Bonchev–Trinajstić information content (AvgIpc) is 3.52. The van der Waals surface area contributed by atoms with Gasteiger partial charge in [-0.15, -0.1) is 0 Å². The number of aromatic nitrogens is 1. The topological polar surface area (TPSA) is 91.3 Å². The van der Waals surface area contributed by atoms with Crippen molar-refractivity contribution in [1.82, 2.24) is 15.6 Å². The molecule has 0 spiro atoms. The van der Waals surface area contributed by atoms with Crippen molar-refractivity contribution >= 4 is 11.8 Å². The monoisotopic (exact) mass is 708 g/mol. The number of carbonyl (C=O) groups excluding carboxylic acids is 2. The zero-order valence-electron chi connectivity index (χ0n) is 33.1. The minimum Gasteiger partial charge on any atom is -0.393 e. The number of allylic oxidation sites excluding steroid dienone is 1. The van der Waals surface area contributed by atoms with Gasteiger partial charge in [-0.3, -0.25) is 14.6 Å². The molecule has 2 aromatic rings. The van der Waals surface area contributed by atoms with Crippen molar-refractivity contribution in [2.45, 2.75) is 131 Å². The summed E-state index contributed by atoms with van der Waals surface area (Å²) >= 11 is 0. The maximum absolute atomic E-state index is 14.6. The summed E-state index contributed by atoms with van der Waals surface area (Å²) in [6, 6.07) is 13.3. The van der Waals surface area contributed by atoms with Crippen LogP contribution in [0.4, 0.5) is 0 Å². The number of rotatable bonds is 8. The third-order valence-electron chi connectivity index (χ3n) is 16.9. The summed E-state index contributed by atoms with van der Waals surface area (Å²) in [5, 5.41) is 17.6. The lowest BCUT2D eigenvalue weighted by Crippen LogP contribution is -2.67. The average molecular weight is 708 g/mol. The number of nitrogens with one attached hydrogen (secondary N) is 2. The highest BCUT2D eigenvalue weighted by Gasteiger charge is 2.71. The lowest BCUT2D eigenvalue weighted by Gasteiger charge is -2.72. The molecular formula is C46H65N3O3. The number of amides is 2. The fraction of sp³-hybridized carbons (Fsp3) is 0.674. The van der Waals surface area contributed by atoms with Crippen LogP contribution < -0.4 is 10.6 Å². The van der Waals surface area contributed by atoms with Crippen LogP contribution in [0, 0.1) is 56.7 Å². The summed E-state index contributed by atoms with van der Waals surface area (Å²) in [5.41, 5.74) is 3.99. The van der Waals surface area contributed by atoms with Gasteiger partial charge in [0.1, 0.15) is 0 Å². The zero-order valence-corrected chi connectivity index (χ0v) is 33.1. The first-order valence-electron chi connectivity index (χ1n) is 20.5. The van der Waals surface area contributed by atoms with Gasteiger partial charge in [0.05, 0.1) is 23.3 Å². The lowest BCUT2D eigenvalue weighted by molar-refractivity contribution is -0.246. The fourth-order valence-electron chi connectivity index (χ4n) is 13.9. The van der Waals surface area contributed by atoms with E-state index in [4.69, 9.17) is 0 Å². The second kappa shape index (κ2) is 13.4. The van der Waals surface area contributed by atoms with Gasteiger partial charge in [0.2, 0.25) is 5.91 Å². The Morgan fingerprint density at radius 3 is 2.42 bits per heavy atom. The number of hydrogen-bond acceptors (Lipinski definition) is 4. The molecule has 1 aromatic heterocycles. The van der Waals surface area contributed by atoms with Crippen molar-refractivity contribution in [2.24, 2.45) is 56.7 Å². The van der Waals surface area contributed by atoms with Crippen LogP contribution in [-0.2, 0) is 11.2 Å². The molecule has 5 fully saturated rings. The number of carbonyl (C=O) groups is 2. The molecule has 5 aliphatic rings. The number of pyridine rings is 1. The highest BCUT2D eigenvalue weighted by Crippen LogP contribution is 2.77. The van der Waals surface area contributed by atoms with Crippen LogP contribution in [0.25, 0.3) is 0 Å². The summed E-state index contributed by atoms with van der Waals surface area (Å²) in [6.07, 6.45) is 13.2. The Morgan fingerprint density at radius 2 is 1.69 bits per heavy atom. The van der Waals surface area contributed by atoms with Gasteiger partial charge < -0.3 is 15.7 Å². The van der Waals surface area contributed by atoms with Gasteiger partial charge in [0, 0.05) is 18.3 Å². The van der Waals surface area contributed by atoms with Crippen molar-refractivity contribution in [3.63, 3.8) is 0 Å². The van der Waals surface area contributed by atoms with E-state index in [0.29, 0.717) is 48.1 Å². The van der Waals surface area contributed by atoms with E-state index >= 15 is 0 Å². The Bertz CT molecular complexity index is 1690. The Balaban J connectivity index is 1.07. The SMILES string of the molecule is C=C(C)[C@@H]1CC[C@]2(C(=O)NCCc3cccc(C(=O)NC(C)c4ccccn4)c3)CC[C@]3(C)C(CCC4[C@@]5(C)CC[C@H](O)C(C)(C)C5CC[C@]43C)C12. The van der Waals surface area contributed by atoms with Crippen LogP contribution in [-0.4, -0.2) is 34.6 Å². The molecule has 0 saturated heterocycles. The summed E-state index contributed by atoms with van der Waals surface area (Å²) in [5.74, 6) is 2.53. The summed E-state index contributed by atoms with van der Waals surface area (Å²) in [7, 11) is 0. The van der Waals surface area contributed by atoms with Crippen molar-refractivity contribution < 1.29 is 14.7 Å². The second-order valence-corrected chi connectivity index (χ2v) is 19.4. The first-order valence-corrected chi connectivity index (χ1v) is 20.5. The van der Waals surface area contributed by atoms with Crippen molar-refractivity contribution in [3.05, 3.63) is 77.6 Å². The Labute approximate surface area is 313 Å². The molecule has 1 heterocycles. The minimum atomic E-state index is -0.349. The van der Waals surface area contributed by atoms with Crippen LogP contribution in [0.3, 0.4) is 0 Å². The van der Waals surface area contributed by atoms with E-state index in [1.54, 1.807) is 6.20 Å². The molecule has 6 heteroatoms. The molecule has 1 aromatic carbocycles. The molecule has 3 N–H and O–H groups in total. The molecule has 0 aliphatic heterocycles. The molecule has 7 rings (SSSR count). The number of nitrogens with zero attached hydrogens (tertiary/aromatic N) is 1. The number of aliphatic hydroxyl groups is 1. The predicted octanol–water partition coefficient (Wildman–Crippen LogP) is 9.25. The molecule has 11 atom stereocenters. The molecule has 2 amide bonds. The van der Waals surface area contributed by atoms with Crippen molar-refractivity contribution in [3.8, 4) is 0 Å². The fourth-order valence-corrected chi connectivity index (χ4v) is 13.9. The largest absolute Gasteiger partial charge is 0.393 e. The van der Waals surface area contributed by atoms with Gasteiger partial charge in [0.25, 0.3) is 5.91 Å². The molecule has 0 bridgehead atoms. The van der Waals surface area contributed by atoms with Crippen molar-refractivity contribution in [2.75, 3.05) is 6.54 Å². The van der Waals surface area contributed by atoms with E-state index in [9.17, 15) is 14.7 Å². The summed E-state index contributed by atoms with van der Waals surface area (Å²) < 4.78 is 0. The highest BCUT2D eigenvalue weighted by molar-refractivity contribution is 5.94. The number of aliphatic hydroxyl groups excluding tert-OH is 1. The van der Waals surface area contributed by atoms with E-state index in [-0.39, 0.29) is 51.0 Å². The van der Waals surface area contributed by atoms with Crippen LogP contribution in [0.2, 0.25) is 0 Å². The first kappa shape index (κ1) is 37.3. The molecule has 0 radical (unpaired) electrons. The second-order valence-electron chi connectivity index (χ2n) is 19.4. The first-order chi connectivity index (χ1) is 24.6. The maximum Gasteiger partial charge on any atom is 0.251 e. The number of benzene rings is 1. The molecule has 6 nitrogen and oxygen atoms in total. The molecule has 5 aliphatic carbocycles. The van der Waals surface area contributed by atoms with E-state index < -0.39 is 0 Å². The van der Waals surface area contributed by atoms with E-state index in [1.807, 2.05) is 49.4 Å². The van der Waals surface area contributed by atoms with Crippen LogP contribution in [0.15, 0.2) is 60.8 Å². The van der Waals surface area contributed by atoms with Gasteiger partial charge in [-0.2, -0.15) is 0 Å². The quantitative estimate of drug-likeness (QED) is 0.239. The molecule has 5 unspecified atom stereocenters. The summed E-state index contributed by atoms with van der Waals surface area (Å²) in [4.78, 5) is 32.2. The minimum absolute atomic E-state index is 0.0468. The van der Waals surface area contributed by atoms with Gasteiger partial charge >= 0.3 is 0 Å². The number of hydrogen-bond donors (Lipinski definition) is 3. The van der Waals surface area contributed by atoms with Gasteiger partial charge in [-0.1, -0.05) is 65.0 Å². The van der Waals surface area contributed by atoms with E-state index in [0.717, 1.165) is 49.8 Å². The third kappa shape index (κ3) is 5.71. The molecule has 5 saturated carbocycles. The van der Waals surface area contributed by atoms with Crippen LogP contribution in [0.5, 0.6) is 0 Å². The van der Waals surface area contributed by atoms with Gasteiger partial charge in [-0.25, -0.2) is 0 Å². The Hall–Kier alpha value is -2.99. The van der Waals surface area contributed by atoms with E-state index in [2.05, 4.69) is 63.7 Å². The summed E-state index contributed by atoms with van der Waals surface area (Å²) in [6.45, 7) is 21.8. The van der Waals surface area contributed by atoms with Gasteiger partial charge in [-0.05, 0) is 166 Å². The molecule has 52 heavy (non-hydrogen) atoms. The van der Waals surface area contributed by atoms with Crippen LogP contribution in [0.1, 0.15) is 140 Å². The standard InChI is InChI=1S/C46H65N3O3/c1-29(2)33-17-23-46(41(52)48-27-20-31-12-11-13-32(28-31)40(51)49-30(3)35-14-9-10-26-47-35)25-24-44(7)34(39(33)46)15-16-37-43(6)21-19-38(50)42(4,5)36(43)18-22-45(37,44)8/h9-14,26,28,30,33-34,36-39,50H,1,15-25,27H2,2-8H3,(H,48,52)(H,49,51)/t30?,33-,34?,36?,37?,38-,39?,43-,44+,45+,46-/m0/s1.